The van der Waals surface area contributed by atoms with E-state index in [2.05, 4.69) is 37.7 Å². The minimum absolute atomic E-state index is 0.0120. The summed E-state index contributed by atoms with van der Waals surface area (Å²) in [4.78, 5) is 5.01. The Bertz CT molecular complexity index is 328. The van der Waals surface area contributed by atoms with Gasteiger partial charge in [-0.05, 0) is 72.1 Å². The van der Waals surface area contributed by atoms with Crippen molar-refractivity contribution in [1.29, 1.82) is 0 Å². The van der Waals surface area contributed by atoms with E-state index in [9.17, 15) is 0 Å². The number of piperidine rings is 1. The fourth-order valence-corrected chi connectivity index (χ4v) is 4.23. The lowest BCUT2D eigenvalue weighted by atomic mass is 9.76. The van der Waals surface area contributed by atoms with Gasteiger partial charge in [-0.1, -0.05) is 6.92 Å². The fraction of sp³-hybridized carbons (Fsp3) is 1.00. The van der Waals surface area contributed by atoms with Gasteiger partial charge in [-0.3, -0.25) is 4.90 Å². The van der Waals surface area contributed by atoms with Crippen molar-refractivity contribution < 1.29 is 4.74 Å². The van der Waals surface area contributed by atoms with Crippen LogP contribution < -0.4 is 5.73 Å². The van der Waals surface area contributed by atoms with Gasteiger partial charge in [-0.15, -0.1) is 0 Å². The SMILES string of the molecule is CCC1(C)CC(CN)(N2CCC(CN(C)C)CC2)CCO1. The number of hydrogen-bond donors (Lipinski definition) is 1. The first-order valence-electron chi connectivity index (χ1n) is 8.67. The first-order chi connectivity index (χ1) is 9.93. The van der Waals surface area contributed by atoms with E-state index in [4.69, 9.17) is 10.5 Å². The van der Waals surface area contributed by atoms with Crippen LogP contribution >= 0.6 is 0 Å². The third-order valence-electron chi connectivity index (χ3n) is 5.76. The summed E-state index contributed by atoms with van der Waals surface area (Å²) >= 11 is 0. The Hall–Kier alpha value is -0.160. The Morgan fingerprint density at radius 1 is 1.29 bits per heavy atom. The number of nitrogens with two attached hydrogens (primary N) is 1. The second-order valence-electron chi connectivity index (χ2n) is 7.70. The highest BCUT2D eigenvalue weighted by Gasteiger charge is 2.45. The van der Waals surface area contributed by atoms with Crippen molar-refractivity contribution in [2.75, 3.05) is 46.9 Å². The van der Waals surface area contributed by atoms with Crippen molar-refractivity contribution >= 4 is 0 Å². The Balaban J connectivity index is 1.99. The van der Waals surface area contributed by atoms with Crippen molar-refractivity contribution in [2.24, 2.45) is 11.7 Å². The highest BCUT2D eigenvalue weighted by Crippen LogP contribution is 2.39. The minimum Gasteiger partial charge on any atom is -0.375 e. The summed E-state index contributed by atoms with van der Waals surface area (Å²) in [6.07, 6.45) is 5.88. The lowest BCUT2D eigenvalue weighted by molar-refractivity contribution is -0.133. The van der Waals surface area contributed by atoms with Gasteiger partial charge in [-0.25, -0.2) is 0 Å². The summed E-state index contributed by atoms with van der Waals surface area (Å²) in [5.74, 6) is 0.850. The second-order valence-corrected chi connectivity index (χ2v) is 7.70. The molecule has 0 spiro atoms. The van der Waals surface area contributed by atoms with Crippen LogP contribution in [0.3, 0.4) is 0 Å². The van der Waals surface area contributed by atoms with Crippen LogP contribution in [0.15, 0.2) is 0 Å². The molecule has 0 radical (unpaired) electrons. The Morgan fingerprint density at radius 2 is 1.95 bits per heavy atom. The smallest absolute Gasteiger partial charge is 0.0670 e. The van der Waals surface area contributed by atoms with Crippen molar-refractivity contribution in [1.82, 2.24) is 9.80 Å². The average Bonchev–Trinajstić information content (AvgIpc) is 2.47. The van der Waals surface area contributed by atoms with Crippen LogP contribution in [-0.2, 0) is 4.74 Å². The molecule has 124 valence electrons. The Morgan fingerprint density at radius 3 is 2.48 bits per heavy atom. The second kappa shape index (κ2) is 6.95. The molecule has 2 aliphatic heterocycles. The van der Waals surface area contributed by atoms with E-state index in [1.807, 2.05) is 0 Å². The van der Waals surface area contributed by atoms with Gasteiger partial charge in [-0.2, -0.15) is 0 Å². The molecule has 2 rings (SSSR count). The molecular weight excluding hydrogens is 262 g/mol. The predicted molar refractivity (Wildman–Crippen MR) is 88.5 cm³/mol. The van der Waals surface area contributed by atoms with E-state index >= 15 is 0 Å². The molecule has 0 bridgehead atoms. The van der Waals surface area contributed by atoms with Crippen LogP contribution in [0.25, 0.3) is 0 Å². The van der Waals surface area contributed by atoms with Gasteiger partial charge in [0.2, 0.25) is 0 Å². The third-order valence-corrected chi connectivity index (χ3v) is 5.76. The van der Waals surface area contributed by atoms with Gasteiger partial charge >= 0.3 is 0 Å². The van der Waals surface area contributed by atoms with Crippen molar-refractivity contribution in [3.63, 3.8) is 0 Å². The van der Waals surface area contributed by atoms with Crippen LogP contribution in [0.5, 0.6) is 0 Å². The van der Waals surface area contributed by atoms with Crippen LogP contribution in [0.4, 0.5) is 0 Å². The average molecular weight is 297 g/mol. The third kappa shape index (κ3) is 3.98. The maximum absolute atomic E-state index is 6.25. The zero-order chi connectivity index (χ0) is 15.5. The molecule has 0 amide bonds. The van der Waals surface area contributed by atoms with Gasteiger partial charge in [0.1, 0.15) is 0 Å². The van der Waals surface area contributed by atoms with Gasteiger partial charge in [0.05, 0.1) is 5.60 Å². The summed E-state index contributed by atoms with van der Waals surface area (Å²) in [6.45, 7) is 9.75. The number of rotatable bonds is 5. The molecule has 2 aliphatic rings. The molecule has 0 aromatic carbocycles. The zero-order valence-corrected chi connectivity index (χ0v) is 14.5. The highest BCUT2D eigenvalue weighted by molar-refractivity contribution is 5.01. The predicted octanol–water partition coefficient (Wildman–Crippen LogP) is 1.94. The Kier molecular flexibility index (Phi) is 5.69. The van der Waals surface area contributed by atoms with Crippen molar-refractivity contribution in [3.8, 4) is 0 Å². The molecule has 2 atom stereocenters. The maximum atomic E-state index is 6.25. The summed E-state index contributed by atoms with van der Waals surface area (Å²) < 4.78 is 6.05. The van der Waals surface area contributed by atoms with Gasteiger partial charge in [0.15, 0.2) is 0 Å². The van der Waals surface area contributed by atoms with Gasteiger partial charge in [0, 0.05) is 25.2 Å². The molecule has 0 aliphatic carbocycles. The molecule has 4 heteroatoms. The first-order valence-corrected chi connectivity index (χ1v) is 8.67. The highest BCUT2D eigenvalue weighted by atomic mass is 16.5. The van der Waals surface area contributed by atoms with Crippen LogP contribution in [0.2, 0.25) is 0 Å². The molecule has 4 nitrogen and oxygen atoms in total. The summed E-state index contributed by atoms with van der Waals surface area (Å²) in [7, 11) is 4.36. The van der Waals surface area contributed by atoms with E-state index in [0.29, 0.717) is 0 Å². The van der Waals surface area contributed by atoms with E-state index in [1.165, 1.54) is 32.5 Å². The standard InChI is InChI=1S/C17H35N3O/c1-5-16(2)13-17(14-18,8-11-21-16)20-9-6-15(7-10-20)12-19(3)4/h15H,5-14,18H2,1-4H3. The molecule has 2 fully saturated rings. The number of hydrogen-bond acceptors (Lipinski definition) is 4. The number of ether oxygens (including phenoxy) is 1. The van der Waals surface area contributed by atoms with Crippen LogP contribution in [-0.4, -0.2) is 67.8 Å². The molecular formula is C17H35N3O. The van der Waals surface area contributed by atoms with Gasteiger partial charge < -0.3 is 15.4 Å². The lowest BCUT2D eigenvalue weighted by Crippen LogP contribution is -2.62. The fourth-order valence-electron chi connectivity index (χ4n) is 4.23. The molecule has 2 saturated heterocycles. The molecule has 21 heavy (non-hydrogen) atoms. The minimum atomic E-state index is 0.0120. The van der Waals surface area contributed by atoms with Gasteiger partial charge in [0.25, 0.3) is 0 Å². The summed E-state index contributed by atoms with van der Waals surface area (Å²) in [5, 5.41) is 0. The molecule has 0 aromatic heterocycles. The van der Waals surface area contributed by atoms with Crippen molar-refractivity contribution in [3.05, 3.63) is 0 Å². The topological polar surface area (TPSA) is 41.7 Å². The monoisotopic (exact) mass is 297 g/mol. The molecule has 2 unspecified atom stereocenters. The van der Waals surface area contributed by atoms with Crippen LogP contribution in [0.1, 0.15) is 46.0 Å². The lowest BCUT2D eigenvalue weighted by Gasteiger charge is -2.53. The summed E-state index contributed by atoms with van der Waals surface area (Å²) in [5.41, 5.74) is 6.44. The van der Waals surface area contributed by atoms with E-state index in [0.717, 1.165) is 38.3 Å². The van der Waals surface area contributed by atoms with E-state index < -0.39 is 0 Å². The molecule has 2 N–H and O–H groups in total. The largest absolute Gasteiger partial charge is 0.375 e. The number of nitrogens with zero attached hydrogens (tertiary/aromatic N) is 2. The molecule has 0 saturated carbocycles. The first kappa shape index (κ1) is 17.2. The maximum Gasteiger partial charge on any atom is 0.0670 e. The van der Waals surface area contributed by atoms with E-state index in [-0.39, 0.29) is 11.1 Å². The normalized spacial score (nSPS) is 36.3. The van der Waals surface area contributed by atoms with E-state index in [1.54, 1.807) is 0 Å². The quantitative estimate of drug-likeness (QED) is 0.842. The van der Waals surface area contributed by atoms with Crippen LogP contribution in [0, 0.1) is 5.92 Å². The summed E-state index contributed by atoms with van der Waals surface area (Å²) in [6, 6.07) is 0. The van der Waals surface area contributed by atoms with Crippen molar-refractivity contribution in [2.45, 2.75) is 57.1 Å². The zero-order valence-electron chi connectivity index (χ0n) is 14.5. The molecule has 2 heterocycles. The Labute approximate surface area is 131 Å². The number of likely N-dealkylation sites (tertiary alicyclic amines) is 1. The molecule has 0 aromatic rings.